The molecule has 0 spiro atoms. The number of hydrogen-bond acceptors (Lipinski definition) is 3. The lowest BCUT2D eigenvalue weighted by atomic mass is 9.86. The van der Waals surface area contributed by atoms with Crippen molar-refractivity contribution in [3.63, 3.8) is 0 Å². The van der Waals surface area contributed by atoms with Crippen molar-refractivity contribution in [2.45, 2.75) is 57.9 Å². The predicted octanol–water partition coefficient (Wildman–Crippen LogP) is 2.20. The summed E-state index contributed by atoms with van der Waals surface area (Å²) in [6, 6.07) is -0.209. The van der Waals surface area contributed by atoms with E-state index in [1.807, 2.05) is 6.92 Å². The molecule has 0 radical (unpaired) electrons. The third-order valence-corrected chi connectivity index (χ3v) is 5.05. The Morgan fingerprint density at radius 3 is 2.43 bits per heavy atom. The molecule has 1 heterocycles. The molecule has 1 unspecified atom stereocenters. The normalized spacial score (nSPS) is 29.4. The summed E-state index contributed by atoms with van der Waals surface area (Å²) in [5.41, 5.74) is 0. The third kappa shape index (κ3) is 4.43. The number of carboxylic acid groups (broad SMARTS) is 1. The monoisotopic (exact) mass is 297 g/mol. The molecule has 5 heteroatoms. The summed E-state index contributed by atoms with van der Waals surface area (Å²) in [5, 5.41) is 12.4. The van der Waals surface area contributed by atoms with Gasteiger partial charge in [0.25, 0.3) is 0 Å². The number of carboxylic acids is 1. The Labute approximate surface area is 126 Å². The van der Waals surface area contributed by atoms with Gasteiger partial charge in [0.2, 0.25) is 5.91 Å². The zero-order valence-corrected chi connectivity index (χ0v) is 12.8. The molecule has 0 aromatic rings. The minimum absolute atomic E-state index is 0.0139. The molecule has 2 fully saturated rings. The van der Waals surface area contributed by atoms with E-state index in [0.29, 0.717) is 12.3 Å². The van der Waals surface area contributed by atoms with Crippen LogP contribution in [0.15, 0.2) is 0 Å². The smallest absolute Gasteiger partial charge is 0.308 e. The van der Waals surface area contributed by atoms with Crippen molar-refractivity contribution >= 4 is 11.9 Å². The van der Waals surface area contributed by atoms with E-state index in [1.54, 1.807) is 0 Å². The largest absolute Gasteiger partial charge is 0.481 e. The summed E-state index contributed by atoms with van der Waals surface area (Å²) >= 11 is 0. The van der Waals surface area contributed by atoms with Crippen molar-refractivity contribution in [3.8, 4) is 0 Å². The van der Waals surface area contributed by atoms with Crippen LogP contribution in [0.3, 0.4) is 0 Å². The molecule has 1 saturated carbocycles. The Morgan fingerprint density at radius 1 is 1.10 bits per heavy atom. The minimum atomic E-state index is -0.777. The number of aliphatic carboxylic acids is 1. The molecule has 5 nitrogen and oxygen atoms in total. The molecular weight excluding hydrogens is 270 g/mol. The van der Waals surface area contributed by atoms with E-state index in [4.69, 9.17) is 4.74 Å². The van der Waals surface area contributed by atoms with Gasteiger partial charge in [-0.25, -0.2) is 0 Å². The van der Waals surface area contributed by atoms with Crippen molar-refractivity contribution in [2.24, 2.45) is 17.8 Å². The number of amides is 1. The predicted molar refractivity (Wildman–Crippen MR) is 78.8 cm³/mol. The van der Waals surface area contributed by atoms with Gasteiger partial charge in [-0.3, -0.25) is 9.59 Å². The van der Waals surface area contributed by atoms with Gasteiger partial charge in [0.1, 0.15) is 0 Å². The first-order chi connectivity index (χ1) is 10.1. The Hall–Kier alpha value is -1.10. The van der Waals surface area contributed by atoms with E-state index in [0.717, 1.165) is 51.7 Å². The molecule has 1 saturated heterocycles. The van der Waals surface area contributed by atoms with Crippen molar-refractivity contribution in [2.75, 3.05) is 13.2 Å². The van der Waals surface area contributed by atoms with Gasteiger partial charge in [-0.2, -0.15) is 0 Å². The first-order valence-electron chi connectivity index (χ1n) is 8.20. The molecule has 0 bridgehead atoms. The molecule has 3 atom stereocenters. The standard InChI is InChI=1S/C16H27NO4/c1-11(12-7-9-21-10-8-12)15(18)17-14-6-4-2-3-5-13(14)16(19)20/h11-14H,2-10H2,1H3,(H,17,18)(H,19,20)/t11?,13-,14+/m1/s1. The van der Waals surface area contributed by atoms with Gasteiger partial charge in [0.15, 0.2) is 0 Å². The second kappa shape index (κ2) is 7.78. The van der Waals surface area contributed by atoms with Crippen LogP contribution in [0.25, 0.3) is 0 Å². The molecule has 120 valence electrons. The molecule has 0 aromatic carbocycles. The number of hydrogen-bond donors (Lipinski definition) is 2. The van der Waals surface area contributed by atoms with Crippen molar-refractivity contribution in [3.05, 3.63) is 0 Å². The van der Waals surface area contributed by atoms with Gasteiger partial charge in [-0.1, -0.05) is 26.2 Å². The van der Waals surface area contributed by atoms with Gasteiger partial charge >= 0.3 is 5.97 Å². The molecular formula is C16H27NO4. The fourth-order valence-electron chi connectivity index (χ4n) is 3.52. The molecule has 21 heavy (non-hydrogen) atoms. The van der Waals surface area contributed by atoms with Crippen LogP contribution >= 0.6 is 0 Å². The molecule has 2 N–H and O–H groups in total. The quantitative estimate of drug-likeness (QED) is 0.780. The maximum Gasteiger partial charge on any atom is 0.308 e. The topological polar surface area (TPSA) is 75.6 Å². The number of ether oxygens (including phenoxy) is 1. The Bertz CT molecular complexity index is 365. The zero-order chi connectivity index (χ0) is 15.2. The van der Waals surface area contributed by atoms with Gasteiger partial charge in [0.05, 0.1) is 5.92 Å². The van der Waals surface area contributed by atoms with Crippen LogP contribution in [0.1, 0.15) is 51.9 Å². The first-order valence-corrected chi connectivity index (χ1v) is 8.20. The van der Waals surface area contributed by atoms with Crippen LogP contribution in [-0.2, 0) is 14.3 Å². The molecule has 0 aromatic heterocycles. The summed E-state index contributed by atoms with van der Waals surface area (Å²) in [7, 11) is 0. The van der Waals surface area contributed by atoms with Gasteiger partial charge in [-0.15, -0.1) is 0 Å². The Kier molecular flexibility index (Phi) is 6.03. The lowest BCUT2D eigenvalue weighted by Gasteiger charge is -2.30. The second-order valence-corrected chi connectivity index (χ2v) is 6.44. The number of carbonyl (C=O) groups excluding carboxylic acids is 1. The molecule has 1 aliphatic carbocycles. The second-order valence-electron chi connectivity index (χ2n) is 6.44. The highest BCUT2D eigenvalue weighted by atomic mass is 16.5. The van der Waals surface area contributed by atoms with Crippen LogP contribution in [0, 0.1) is 17.8 Å². The van der Waals surface area contributed by atoms with Crippen LogP contribution in [-0.4, -0.2) is 36.2 Å². The summed E-state index contributed by atoms with van der Waals surface area (Å²) < 4.78 is 5.34. The highest BCUT2D eigenvalue weighted by Gasteiger charge is 2.33. The highest BCUT2D eigenvalue weighted by Crippen LogP contribution is 2.27. The number of nitrogens with one attached hydrogen (secondary N) is 1. The highest BCUT2D eigenvalue weighted by molar-refractivity contribution is 5.80. The fourth-order valence-corrected chi connectivity index (χ4v) is 3.52. The third-order valence-electron chi connectivity index (χ3n) is 5.05. The van der Waals surface area contributed by atoms with E-state index in [-0.39, 0.29) is 17.9 Å². The maximum atomic E-state index is 12.4. The molecule has 2 aliphatic rings. The van der Waals surface area contributed by atoms with Crippen LogP contribution < -0.4 is 5.32 Å². The zero-order valence-electron chi connectivity index (χ0n) is 12.8. The average Bonchev–Trinajstić information content (AvgIpc) is 2.72. The first kappa shape index (κ1) is 16.3. The van der Waals surface area contributed by atoms with Crippen LogP contribution in [0.4, 0.5) is 0 Å². The van der Waals surface area contributed by atoms with E-state index < -0.39 is 11.9 Å². The lowest BCUT2D eigenvalue weighted by molar-refractivity contribution is -0.143. The van der Waals surface area contributed by atoms with Gasteiger partial charge in [-0.05, 0) is 31.6 Å². The van der Waals surface area contributed by atoms with E-state index >= 15 is 0 Å². The van der Waals surface area contributed by atoms with Crippen molar-refractivity contribution in [1.82, 2.24) is 5.32 Å². The maximum absolute atomic E-state index is 12.4. The van der Waals surface area contributed by atoms with E-state index in [1.165, 1.54) is 0 Å². The summed E-state index contributed by atoms with van der Waals surface area (Å²) in [5.74, 6) is -0.904. The molecule has 1 aliphatic heterocycles. The lowest BCUT2D eigenvalue weighted by Crippen LogP contribution is -2.46. The van der Waals surface area contributed by atoms with Gasteiger partial charge < -0.3 is 15.2 Å². The summed E-state index contributed by atoms with van der Waals surface area (Å²) in [4.78, 5) is 23.8. The average molecular weight is 297 g/mol. The minimum Gasteiger partial charge on any atom is -0.481 e. The van der Waals surface area contributed by atoms with Crippen LogP contribution in [0.2, 0.25) is 0 Å². The van der Waals surface area contributed by atoms with E-state index in [9.17, 15) is 14.7 Å². The summed E-state index contributed by atoms with van der Waals surface area (Å²) in [6.07, 6.45) is 6.29. The fraction of sp³-hybridized carbons (Fsp3) is 0.875. The summed E-state index contributed by atoms with van der Waals surface area (Å²) in [6.45, 7) is 3.41. The van der Waals surface area contributed by atoms with Crippen molar-refractivity contribution in [1.29, 1.82) is 0 Å². The van der Waals surface area contributed by atoms with Crippen LogP contribution in [0.5, 0.6) is 0 Å². The Balaban J connectivity index is 1.93. The number of carbonyl (C=O) groups is 2. The Morgan fingerprint density at radius 2 is 1.76 bits per heavy atom. The van der Waals surface area contributed by atoms with Crippen molar-refractivity contribution < 1.29 is 19.4 Å². The molecule has 2 rings (SSSR count). The SMILES string of the molecule is CC(C(=O)N[C@H]1CCCCC[C@H]1C(=O)O)C1CCOCC1. The number of rotatable bonds is 4. The van der Waals surface area contributed by atoms with E-state index in [2.05, 4.69) is 5.32 Å². The molecule has 1 amide bonds. The van der Waals surface area contributed by atoms with Gasteiger partial charge in [0, 0.05) is 25.2 Å².